The largest absolute Gasteiger partial charge is 0.487 e. The van der Waals surface area contributed by atoms with Crippen LogP contribution >= 0.6 is 0 Å². The Morgan fingerprint density at radius 3 is 2.29 bits per heavy atom. The maximum absolute atomic E-state index is 13.6. The third kappa shape index (κ3) is 6.51. The van der Waals surface area contributed by atoms with E-state index in [9.17, 15) is 24.5 Å². The fraction of sp³-hybridized carbons (Fsp3) is 0.323. The number of non-ortho nitro benzene ring substituents is 1. The molecule has 1 aromatic heterocycles. The van der Waals surface area contributed by atoms with E-state index in [0.717, 1.165) is 10.9 Å². The number of carbonyl (C=O) groups excluding carboxylic acids is 2. The second kappa shape index (κ2) is 12.3. The molecule has 0 radical (unpaired) electrons. The van der Waals surface area contributed by atoms with Gasteiger partial charge in [0.2, 0.25) is 0 Å². The number of nitro benzene ring substituents is 1. The molecule has 0 amide bonds. The minimum Gasteiger partial charge on any atom is -0.487 e. The third-order valence-corrected chi connectivity index (χ3v) is 6.49. The predicted molar refractivity (Wildman–Crippen MR) is 154 cm³/mol. The zero-order chi connectivity index (χ0) is 30.7. The Morgan fingerprint density at radius 2 is 1.64 bits per heavy atom. The Balaban J connectivity index is 1.84. The van der Waals surface area contributed by atoms with E-state index in [2.05, 4.69) is 5.32 Å². The molecule has 2 aromatic carbocycles. The van der Waals surface area contributed by atoms with Gasteiger partial charge in [0.15, 0.2) is 0 Å². The summed E-state index contributed by atoms with van der Waals surface area (Å²) in [5, 5.41) is 15.5. The fourth-order valence-corrected chi connectivity index (χ4v) is 4.78. The quantitative estimate of drug-likeness (QED) is 0.156. The van der Waals surface area contributed by atoms with Crippen molar-refractivity contribution in [2.45, 2.75) is 59.7 Å². The lowest BCUT2D eigenvalue weighted by Crippen LogP contribution is -2.36. The normalized spacial score (nSPS) is 15.2. The molecule has 42 heavy (non-hydrogen) atoms. The lowest BCUT2D eigenvalue weighted by molar-refractivity contribution is -0.384. The number of ether oxygens (including phenoxy) is 3. The summed E-state index contributed by atoms with van der Waals surface area (Å²) in [6.45, 7) is 10.1. The Bertz CT molecular complexity index is 1680. The molecule has 0 fully saturated rings. The van der Waals surface area contributed by atoms with E-state index in [1.165, 1.54) is 24.3 Å². The van der Waals surface area contributed by atoms with Crippen molar-refractivity contribution < 1.29 is 33.1 Å². The summed E-state index contributed by atoms with van der Waals surface area (Å²) in [4.78, 5) is 50.0. The number of dihydropyridines is 1. The molecular formula is C31H32N2O9. The van der Waals surface area contributed by atoms with Gasteiger partial charge in [0, 0.05) is 35.3 Å². The molecule has 1 N–H and O–H groups in total. The second-order valence-corrected chi connectivity index (χ2v) is 10.4. The number of allylic oxidation sites excluding steroid dienone is 1. The molecule has 0 aliphatic carbocycles. The first kappa shape index (κ1) is 30.0. The van der Waals surface area contributed by atoms with Crippen LogP contribution in [0, 0.1) is 17.0 Å². The van der Waals surface area contributed by atoms with Gasteiger partial charge in [-0.15, -0.1) is 0 Å². The molecule has 0 spiro atoms. The monoisotopic (exact) mass is 576 g/mol. The topological polar surface area (TPSA) is 147 Å². The van der Waals surface area contributed by atoms with Crippen molar-refractivity contribution in [3.05, 3.63) is 103 Å². The number of fused-ring (bicyclic) bond motifs is 1. The molecule has 2 heterocycles. The number of hydrogen-bond donors (Lipinski definition) is 1. The van der Waals surface area contributed by atoms with Crippen molar-refractivity contribution in [3.8, 4) is 5.75 Å². The Hall–Kier alpha value is -4.93. The number of esters is 2. The molecule has 11 heteroatoms. The van der Waals surface area contributed by atoms with Gasteiger partial charge in [-0.3, -0.25) is 10.1 Å². The van der Waals surface area contributed by atoms with Crippen molar-refractivity contribution in [1.82, 2.24) is 5.32 Å². The minimum atomic E-state index is -1.06. The van der Waals surface area contributed by atoms with Gasteiger partial charge in [0.1, 0.15) is 17.9 Å². The van der Waals surface area contributed by atoms with Crippen molar-refractivity contribution in [3.63, 3.8) is 0 Å². The predicted octanol–water partition coefficient (Wildman–Crippen LogP) is 5.21. The molecule has 0 saturated carbocycles. The summed E-state index contributed by atoms with van der Waals surface area (Å²) in [7, 11) is 0. The highest BCUT2D eigenvalue weighted by atomic mass is 16.6. The van der Waals surface area contributed by atoms with Gasteiger partial charge in [-0.1, -0.05) is 12.1 Å². The summed E-state index contributed by atoms with van der Waals surface area (Å²) in [6, 6.07) is 12.2. The van der Waals surface area contributed by atoms with E-state index >= 15 is 0 Å². The van der Waals surface area contributed by atoms with Crippen molar-refractivity contribution >= 4 is 28.6 Å². The standard InChI is InChI=1S/C31H32N2O9/c1-16(2)40-30(35)27-19(6)32-24(15-39-22-10-11-23-18(5)12-26(34)42-25(23)14-22)29(31(36)41-17(3)4)28(27)20-8-7-9-21(13-20)33(37)38/h7-14,16-17,28,32H,15H2,1-6H3. The molecule has 11 nitrogen and oxygen atoms in total. The van der Waals surface area contributed by atoms with Gasteiger partial charge in [-0.2, -0.15) is 0 Å². The SMILES string of the molecule is CC1=C(C(=O)OC(C)C)C(c2cccc([N+](=O)[O-])c2)C(C(=O)OC(C)C)=C(COc2ccc3c(C)cc(=O)oc3c2)N1. The van der Waals surface area contributed by atoms with Gasteiger partial charge < -0.3 is 23.9 Å². The van der Waals surface area contributed by atoms with E-state index in [0.29, 0.717) is 28.3 Å². The number of rotatable bonds is 9. The number of nitro groups is 1. The van der Waals surface area contributed by atoms with Crippen LogP contribution in [-0.4, -0.2) is 35.7 Å². The second-order valence-electron chi connectivity index (χ2n) is 10.4. The van der Waals surface area contributed by atoms with Gasteiger partial charge in [0.25, 0.3) is 5.69 Å². The Labute approximate surface area is 241 Å². The van der Waals surface area contributed by atoms with Gasteiger partial charge in [0.05, 0.1) is 39.9 Å². The molecule has 0 saturated heterocycles. The molecule has 3 aromatic rings. The zero-order valence-corrected chi connectivity index (χ0v) is 24.2. The van der Waals surface area contributed by atoms with E-state index in [1.807, 2.05) is 0 Å². The molecule has 1 unspecified atom stereocenters. The highest BCUT2D eigenvalue weighted by Gasteiger charge is 2.40. The summed E-state index contributed by atoms with van der Waals surface area (Å²) >= 11 is 0. The smallest absolute Gasteiger partial charge is 0.337 e. The number of nitrogens with zero attached hydrogens (tertiary/aromatic N) is 1. The first-order valence-electron chi connectivity index (χ1n) is 13.4. The van der Waals surface area contributed by atoms with E-state index in [4.69, 9.17) is 18.6 Å². The van der Waals surface area contributed by atoms with Crippen LogP contribution in [-0.2, 0) is 19.1 Å². The van der Waals surface area contributed by atoms with Crippen LogP contribution in [0.2, 0.25) is 0 Å². The summed E-state index contributed by atoms with van der Waals surface area (Å²) < 4.78 is 22.4. The number of benzene rings is 2. The third-order valence-electron chi connectivity index (χ3n) is 6.49. The van der Waals surface area contributed by atoms with Crippen LogP contribution in [0.1, 0.15) is 51.7 Å². The summed E-state index contributed by atoms with van der Waals surface area (Å²) in [5.74, 6) is -2.10. The number of hydrogen-bond acceptors (Lipinski definition) is 10. The van der Waals surface area contributed by atoms with Crippen LogP contribution in [0.4, 0.5) is 5.69 Å². The number of carbonyl (C=O) groups is 2. The van der Waals surface area contributed by atoms with Crippen LogP contribution in [0.5, 0.6) is 5.75 Å². The first-order chi connectivity index (χ1) is 19.8. The summed E-state index contributed by atoms with van der Waals surface area (Å²) in [6.07, 6.45) is -0.956. The maximum atomic E-state index is 13.6. The maximum Gasteiger partial charge on any atom is 0.337 e. The number of nitrogens with one attached hydrogen (secondary N) is 1. The minimum absolute atomic E-state index is 0.0497. The van der Waals surface area contributed by atoms with Crippen LogP contribution in [0.3, 0.4) is 0 Å². The molecule has 1 aliphatic rings. The first-order valence-corrected chi connectivity index (χ1v) is 13.4. The number of aryl methyl sites for hydroxylation is 1. The average Bonchev–Trinajstić information content (AvgIpc) is 2.90. The van der Waals surface area contributed by atoms with Crippen LogP contribution < -0.4 is 15.7 Å². The lowest BCUT2D eigenvalue weighted by Gasteiger charge is -2.32. The molecule has 1 atom stereocenters. The Morgan fingerprint density at radius 1 is 0.976 bits per heavy atom. The van der Waals surface area contributed by atoms with Crippen LogP contribution in [0.25, 0.3) is 11.0 Å². The highest BCUT2D eigenvalue weighted by molar-refractivity contribution is 6.00. The Kier molecular flexibility index (Phi) is 8.79. The lowest BCUT2D eigenvalue weighted by atomic mass is 9.80. The van der Waals surface area contributed by atoms with Gasteiger partial charge >= 0.3 is 17.6 Å². The van der Waals surface area contributed by atoms with Crippen molar-refractivity contribution in [1.29, 1.82) is 0 Å². The van der Waals surface area contributed by atoms with Gasteiger partial charge in [-0.25, -0.2) is 14.4 Å². The molecule has 4 rings (SSSR count). The highest BCUT2D eigenvalue weighted by Crippen LogP contribution is 2.41. The molecule has 1 aliphatic heterocycles. The molecule has 0 bridgehead atoms. The molecule has 220 valence electrons. The van der Waals surface area contributed by atoms with Crippen LogP contribution in [0.15, 0.2) is 80.3 Å². The van der Waals surface area contributed by atoms with E-state index in [-0.39, 0.29) is 23.4 Å². The van der Waals surface area contributed by atoms with Crippen molar-refractivity contribution in [2.75, 3.05) is 6.61 Å². The fourth-order valence-electron chi connectivity index (χ4n) is 4.78. The average molecular weight is 577 g/mol. The van der Waals surface area contributed by atoms with Crippen molar-refractivity contribution in [2.24, 2.45) is 0 Å². The zero-order valence-electron chi connectivity index (χ0n) is 24.2. The van der Waals surface area contributed by atoms with Gasteiger partial charge in [-0.05, 0) is 64.8 Å². The molecular weight excluding hydrogens is 544 g/mol. The van der Waals surface area contributed by atoms with E-state index in [1.54, 1.807) is 65.8 Å². The summed E-state index contributed by atoms with van der Waals surface area (Å²) in [5.41, 5.74) is 1.57. The van der Waals surface area contributed by atoms with E-state index < -0.39 is 40.6 Å².